The Balaban J connectivity index is 2.56. The third kappa shape index (κ3) is 2.42. The van der Waals surface area contributed by atoms with Crippen molar-refractivity contribution in [1.29, 1.82) is 0 Å². The van der Waals surface area contributed by atoms with E-state index in [4.69, 9.17) is 5.84 Å². The molecule has 1 unspecified atom stereocenters. The summed E-state index contributed by atoms with van der Waals surface area (Å²) < 4.78 is 0. The van der Waals surface area contributed by atoms with Crippen molar-refractivity contribution in [2.75, 3.05) is 0 Å². The first-order valence-corrected chi connectivity index (χ1v) is 4.57. The molecule has 3 heteroatoms. The van der Waals surface area contributed by atoms with Gasteiger partial charge < -0.3 is 0 Å². The van der Waals surface area contributed by atoms with Gasteiger partial charge in [0.1, 0.15) is 0 Å². The van der Waals surface area contributed by atoms with E-state index in [0.29, 0.717) is 6.42 Å². The molecule has 13 heavy (non-hydrogen) atoms. The number of carbonyl (C=O) groups is 1. The molecule has 0 aromatic rings. The maximum absolute atomic E-state index is 11.2. The topological polar surface area (TPSA) is 46.3 Å². The molecule has 1 aliphatic carbocycles. The smallest absolute Gasteiger partial charge is 0.236 e. The van der Waals surface area contributed by atoms with E-state index in [1.165, 1.54) is 10.6 Å². The molecule has 1 amide bonds. The number of nitrogens with two attached hydrogens (primary N) is 1. The van der Waals surface area contributed by atoms with E-state index < -0.39 is 0 Å². The molecule has 0 heterocycles. The monoisotopic (exact) mass is 180 g/mol. The molecule has 0 saturated heterocycles. The molecule has 1 rings (SSSR count). The van der Waals surface area contributed by atoms with Crippen LogP contribution in [0.1, 0.15) is 26.7 Å². The molecular formula is C10H16N2O. The summed E-state index contributed by atoms with van der Waals surface area (Å²) in [6, 6.07) is 0.0381. The van der Waals surface area contributed by atoms with Crippen molar-refractivity contribution < 1.29 is 4.79 Å². The standard InChI is InChI=1S/C10H16N2O/c1-3-10(13)12(11)9-6-4-8(2)5-7-9/h4-6,9H,3,7,11H2,1-2H3. The lowest BCUT2D eigenvalue weighted by Crippen LogP contribution is -2.44. The fraction of sp³-hybridized carbons (Fsp3) is 0.500. The lowest BCUT2D eigenvalue weighted by Gasteiger charge is -2.25. The minimum atomic E-state index is -0.0115. The second-order valence-corrected chi connectivity index (χ2v) is 3.26. The summed E-state index contributed by atoms with van der Waals surface area (Å²) in [5, 5.41) is 1.32. The predicted molar refractivity (Wildman–Crippen MR) is 52.6 cm³/mol. The van der Waals surface area contributed by atoms with Gasteiger partial charge in [-0.25, -0.2) is 5.84 Å². The summed E-state index contributed by atoms with van der Waals surface area (Å²) in [6.07, 6.45) is 7.35. The van der Waals surface area contributed by atoms with E-state index in [9.17, 15) is 4.79 Å². The first-order valence-electron chi connectivity index (χ1n) is 4.57. The zero-order valence-electron chi connectivity index (χ0n) is 8.16. The molecule has 0 aromatic heterocycles. The fourth-order valence-electron chi connectivity index (χ4n) is 1.29. The van der Waals surface area contributed by atoms with Crippen LogP contribution in [0, 0.1) is 0 Å². The van der Waals surface area contributed by atoms with Gasteiger partial charge in [0.25, 0.3) is 0 Å². The van der Waals surface area contributed by atoms with Gasteiger partial charge in [-0.05, 0) is 13.3 Å². The highest BCUT2D eigenvalue weighted by molar-refractivity contribution is 5.75. The Morgan fingerprint density at radius 2 is 2.46 bits per heavy atom. The van der Waals surface area contributed by atoms with Crippen LogP contribution in [0.5, 0.6) is 0 Å². The third-order valence-electron chi connectivity index (χ3n) is 2.21. The summed E-state index contributed by atoms with van der Waals surface area (Å²) in [4.78, 5) is 11.2. The predicted octanol–water partition coefficient (Wildman–Crippen LogP) is 1.37. The minimum absolute atomic E-state index is 0.0115. The number of nitrogens with zero attached hydrogens (tertiary/aromatic N) is 1. The van der Waals surface area contributed by atoms with Crippen LogP contribution < -0.4 is 5.84 Å². The average Bonchev–Trinajstić information content (AvgIpc) is 2.17. The Kier molecular flexibility index (Phi) is 3.25. The van der Waals surface area contributed by atoms with Crippen LogP contribution in [0.15, 0.2) is 23.8 Å². The molecule has 0 bridgehead atoms. The highest BCUT2D eigenvalue weighted by Gasteiger charge is 2.17. The van der Waals surface area contributed by atoms with Crippen molar-refractivity contribution >= 4 is 5.91 Å². The van der Waals surface area contributed by atoms with Gasteiger partial charge in [-0.1, -0.05) is 30.7 Å². The molecule has 0 saturated carbocycles. The van der Waals surface area contributed by atoms with Crippen LogP contribution in [0.2, 0.25) is 0 Å². The fourth-order valence-corrected chi connectivity index (χ4v) is 1.29. The molecule has 72 valence electrons. The van der Waals surface area contributed by atoms with Crippen LogP contribution >= 0.6 is 0 Å². The van der Waals surface area contributed by atoms with E-state index in [-0.39, 0.29) is 11.9 Å². The maximum Gasteiger partial charge on any atom is 0.236 e. The molecule has 1 atom stereocenters. The highest BCUT2D eigenvalue weighted by atomic mass is 16.2. The van der Waals surface area contributed by atoms with Crippen molar-refractivity contribution in [3.05, 3.63) is 23.8 Å². The quantitative estimate of drug-likeness (QED) is 0.396. The van der Waals surface area contributed by atoms with Gasteiger partial charge in [-0.15, -0.1) is 0 Å². The zero-order valence-corrected chi connectivity index (χ0v) is 8.16. The van der Waals surface area contributed by atoms with Gasteiger partial charge in [0.05, 0.1) is 6.04 Å². The molecule has 1 aliphatic rings. The number of amides is 1. The van der Waals surface area contributed by atoms with Crippen LogP contribution in [0.4, 0.5) is 0 Å². The molecule has 3 nitrogen and oxygen atoms in total. The number of hydrogen-bond donors (Lipinski definition) is 1. The highest BCUT2D eigenvalue weighted by Crippen LogP contribution is 2.13. The Morgan fingerprint density at radius 3 is 2.92 bits per heavy atom. The van der Waals surface area contributed by atoms with Crippen molar-refractivity contribution in [1.82, 2.24) is 5.01 Å². The summed E-state index contributed by atoms with van der Waals surface area (Å²) in [5.41, 5.74) is 1.23. The van der Waals surface area contributed by atoms with E-state index in [1.54, 1.807) is 0 Å². The minimum Gasteiger partial charge on any atom is -0.273 e. The maximum atomic E-state index is 11.2. The number of hydrazine groups is 1. The van der Waals surface area contributed by atoms with Gasteiger partial charge >= 0.3 is 0 Å². The molecular weight excluding hydrogens is 164 g/mol. The lowest BCUT2D eigenvalue weighted by molar-refractivity contribution is -0.132. The van der Waals surface area contributed by atoms with Gasteiger partial charge in [-0.3, -0.25) is 9.80 Å². The largest absolute Gasteiger partial charge is 0.273 e. The number of rotatable bonds is 2. The first kappa shape index (κ1) is 9.99. The summed E-state index contributed by atoms with van der Waals surface area (Å²) in [7, 11) is 0. The second kappa shape index (κ2) is 4.23. The van der Waals surface area contributed by atoms with Crippen molar-refractivity contribution in [2.24, 2.45) is 5.84 Å². The Bertz CT molecular complexity index is 256. The van der Waals surface area contributed by atoms with Crippen molar-refractivity contribution in [2.45, 2.75) is 32.7 Å². The first-order chi connectivity index (χ1) is 6.15. The van der Waals surface area contributed by atoms with Crippen LogP contribution in [0.3, 0.4) is 0 Å². The van der Waals surface area contributed by atoms with Crippen molar-refractivity contribution in [3.63, 3.8) is 0 Å². The Labute approximate surface area is 78.9 Å². The normalized spacial score (nSPS) is 21.2. The molecule has 0 spiro atoms. The molecule has 0 fully saturated rings. The van der Waals surface area contributed by atoms with Gasteiger partial charge in [0.15, 0.2) is 0 Å². The summed E-state index contributed by atoms with van der Waals surface area (Å²) >= 11 is 0. The molecule has 0 radical (unpaired) electrons. The van der Waals surface area contributed by atoms with Crippen molar-refractivity contribution in [3.8, 4) is 0 Å². The average molecular weight is 180 g/mol. The van der Waals surface area contributed by atoms with E-state index in [1.807, 2.05) is 26.0 Å². The summed E-state index contributed by atoms with van der Waals surface area (Å²) in [6.45, 7) is 3.85. The summed E-state index contributed by atoms with van der Waals surface area (Å²) in [5.74, 6) is 5.64. The third-order valence-corrected chi connectivity index (χ3v) is 2.21. The Morgan fingerprint density at radius 1 is 1.77 bits per heavy atom. The van der Waals surface area contributed by atoms with Gasteiger partial charge in [0.2, 0.25) is 5.91 Å². The van der Waals surface area contributed by atoms with Gasteiger partial charge in [0, 0.05) is 6.42 Å². The Hall–Kier alpha value is -1.09. The number of carbonyl (C=O) groups excluding carboxylic acids is 1. The SMILES string of the molecule is CCC(=O)N(N)C1C=CC(C)=CC1. The second-order valence-electron chi connectivity index (χ2n) is 3.26. The number of allylic oxidation sites excluding steroid dienone is 2. The lowest BCUT2D eigenvalue weighted by atomic mass is 10.0. The molecule has 2 N–H and O–H groups in total. The van der Waals surface area contributed by atoms with E-state index >= 15 is 0 Å². The zero-order chi connectivity index (χ0) is 9.84. The molecule has 0 aliphatic heterocycles. The number of hydrogen-bond acceptors (Lipinski definition) is 2. The van der Waals surface area contributed by atoms with Crippen LogP contribution in [0.25, 0.3) is 0 Å². The van der Waals surface area contributed by atoms with Crippen LogP contribution in [-0.4, -0.2) is 17.0 Å². The molecule has 0 aromatic carbocycles. The van der Waals surface area contributed by atoms with E-state index in [2.05, 4.69) is 6.08 Å². The van der Waals surface area contributed by atoms with E-state index in [0.717, 1.165) is 6.42 Å². The van der Waals surface area contributed by atoms with Crippen LogP contribution in [-0.2, 0) is 4.79 Å². The van der Waals surface area contributed by atoms with Gasteiger partial charge in [-0.2, -0.15) is 0 Å².